The SMILES string of the molecule is C[C@H](N)c1cncn1-c1cccc(F)c1C#N. The third kappa shape index (κ3) is 1.90. The van der Waals surface area contributed by atoms with Crippen molar-refractivity contribution < 1.29 is 4.39 Å². The molecule has 2 N–H and O–H groups in total. The molecule has 2 rings (SSSR count). The number of benzene rings is 1. The molecule has 0 bridgehead atoms. The number of rotatable bonds is 2. The molecule has 1 aromatic heterocycles. The lowest BCUT2D eigenvalue weighted by molar-refractivity contribution is 0.621. The highest BCUT2D eigenvalue weighted by Crippen LogP contribution is 2.21. The van der Waals surface area contributed by atoms with Crippen molar-refractivity contribution in [2.45, 2.75) is 13.0 Å². The zero-order chi connectivity index (χ0) is 12.4. The Morgan fingerprint density at radius 3 is 2.94 bits per heavy atom. The minimum Gasteiger partial charge on any atom is -0.323 e. The van der Waals surface area contributed by atoms with Crippen LogP contribution >= 0.6 is 0 Å². The van der Waals surface area contributed by atoms with Gasteiger partial charge in [0.2, 0.25) is 0 Å². The molecule has 5 heteroatoms. The van der Waals surface area contributed by atoms with Crippen molar-refractivity contribution in [3.8, 4) is 11.8 Å². The molecule has 0 saturated heterocycles. The van der Waals surface area contributed by atoms with Crippen LogP contribution in [-0.2, 0) is 0 Å². The van der Waals surface area contributed by atoms with Crippen molar-refractivity contribution in [1.82, 2.24) is 9.55 Å². The Hall–Kier alpha value is -2.19. The number of halogens is 1. The summed E-state index contributed by atoms with van der Waals surface area (Å²) in [5.41, 5.74) is 6.97. The molecule has 0 spiro atoms. The molecule has 0 aliphatic rings. The van der Waals surface area contributed by atoms with Crippen LogP contribution in [0.15, 0.2) is 30.7 Å². The Morgan fingerprint density at radius 1 is 1.53 bits per heavy atom. The van der Waals surface area contributed by atoms with Crippen molar-refractivity contribution in [2.75, 3.05) is 0 Å². The highest BCUT2D eigenvalue weighted by atomic mass is 19.1. The summed E-state index contributed by atoms with van der Waals surface area (Å²) in [6.07, 6.45) is 3.13. The van der Waals surface area contributed by atoms with E-state index in [0.717, 1.165) is 5.69 Å². The first-order chi connectivity index (χ1) is 8.15. The summed E-state index contributed by atoms with van der Waals surface area (Å²) in [6.45, 7) is 1.80. The number of nitrogens with two attached hydrogens (primary N) is 1. The Morgan fingerprint density at radius 2 is 2.29 bits per heavy atom. The molecular weight excluding hydrogens is 219 g/mol. The lowest BCUT2D eigenvalue weighted by Crippen LogP contribution is -2.11. The number of hydrogen-bond acceptors (Lipinski definition) is 3. The van der Waals surface area contributed by atoms with Gasteiger partial charge in [0, 0.05) is 6.04 Å². The molecule has 0 aliphatic heterocycles. The Bertz CT molecular complexity index is 580. The third-order valence-electron chi connectivity index (χ3n) is 2.50. The fourth-order valence-electron chi connectivity index (χ4n) is 1.67. The third-order valence-corrected chi connectivity index (χ3v) is 2.50. The Labute approximate surface area is 98.1 Å². The van der Waals surface area contributed by atoms with Gasteiger partial charge in [0.25, 0.3) is 0 Å². The van der Waals surface area contributed by atoms with Gasteiger partial charge in [0.1, 0.15) is 17.4 Å². The van der Waals surface area contributed by atoms with Gasteiger partial charge < -0.3 is 10.3 Å². The lowest BCUT2D eigenvalue weighted by Gasteiger charge is -2.12. The number of aromatic nitrogens is 2. The summed E-state index contributed by atoms with van der Waals surface area (Å²) >= 11 is 0. The summed E-state index contributed by atoms with van der Waals surface area (Å²) in [6, 6.07) is 6.08. The topological polar surface area (TPSA) is 67.6 Å². The van der Waals surface area contributed by atoms with E-state index in [-0.39, 0.29) is 11.6 Å². The molecule has 86 valence electrons. The van der Waals surface area contributed by atoms with Gasteiger partial charge in [-0.2, -0.15) is 5.26 Å². The molecule has 0 fully saturated rings. The van der Waals surface area contributed by atoms with E-state index in [1.165, 1.54) is 12.4 Å². The second-order valence-electron chi connectivity index (χ2n) is 3.72. The molecule has 2 aromatic rings. The zero-order valence-electron chi connectivity index (χ0n) is 9.26. The second kappa shape index (κ2) is 4.36. The highest BCUT2D eigenvalue weighted by molar-refractivity contribution is 5.50. The van der Waals surface area contributed by atoms with E-state index >= 15 is 0 Å². The zero-order valence-corrected chi connectivity index (χ0v) is 9.26. The van der Waals surface area contributed by atoms with Crippen LogP contribution in [0.5, 0.6) is 0 Å². The minimum absolute atomic E-state index is 0.00704. The van der Waals surface area contributed by atoms with Crippen LogP contribution in [0.1, 0.15) is 24.2 Å². The molecule has 0 amide bonds. The molecule has 17 heavy (non-hydrogen) atoms. The van der Waals surface area contributed by atoms with Crippen molar-refractivity contribution in [2.24, 2.45) is 5.73 Å². The average molecular weight is 230 g/mol. The molecule has 0 saturated carbocycles. The van der Waals surface area contributed by atoms with Crippen LogP contribution in [0, 0.1) is 17.1 Å². The van der Waals surface area contributed by atoms with E-state index < -0.39 is 5.82 Å². The van der Waals surface area contributed by atoms with E-state index in [9.17, 15) is 4.39 Å². The number of nitrogens with zero attached hydrogens (tertiary/aromatic N) is 3. The maximum Gasteiger partial charge on any atom is 0.143 e. The van der Waals surface area contributed by atoms with Gasteiger partial charge in [-0.1, -0.05) is 6.07 Å². The van der Waals surface area contributed by atoms with Crippen LogP contribution in [-0.4, -0.2) is 9.55 Å². The van der Waals surface area contributed by atoms with Gasteiger partial charge in [-0.3, -0.25) is 0 Å². The normalized spacial score (nSPS) is 12.1. The number of hydrogen-bond donors (Lipinski definition) is 1. The fraction of sp³-hybridized carbons (Fsp3) is 0.167. The molecule has 4 nitrogen and oxygen atoms in total. The van der Waals surface area contributed by atoms with Crippen LogP contribution in [0.3, 0.4) is 0 Å². The van der Waals surface area contributed by atoms with Gasteiger partial charge in [-0.15, -0.1) is 0 Å². The van der Waals surface area contributed by atoms with E-state index in [1.807, 2.05) is 6.07 Å². The first-order valence-electron chi connectivity index (χ1n) is 5.12. The van der Waals surface area contributed by atoms with Crippen molar-refractivity contribution in [1.29, 1.82) is 5.26 Å². The average Bonchev–Trinajstić information content (AvgIpc) is 2.77. The Balaban J connectivity index is 2.66. The quantitative estimate of drug-likeness (QED) is 0.856. The van der Waals surface area contributed by atoms with E-state index in [1.54, 1.807) is 29.8 Å². The van der Waals surface area contributed by atoms with E-state index in [2.05, 4.69) is 4.98 Å². The maximum atomic E-state index is 13.5. The smallest absolute Gasteiger partial charge is 0.143 e. The van der Waals surface area contributed by atoms with Crippen LogP contribution in [0.4, 0.5) is 4.39 Å². The summed E-state index contributed by atoms with van der Waals surface area (Å²) in [5.74, 6) is -0.547. The maximum absolute atomic E-state index is 13.5. The summed E-state index contributed by atoms with van der Waals surface area (Å²) in [5, 5.41) is 8.97. The largest absolute Gasteiger partial charge is 0.323 e. The summed E-state index contributed by atoms with van der Waals surface area (Å²) < 4.78 is 15.1. The predicted octanol–water partition coefficient (Wildman–Crippen LogP) is 1.90. The number of imidazole rings is 1. The molecule has 0 radical (unpaired) electrons. The van der Waals surface area contributed by atoms with E-state index in [4.69, 9.17) is 11.0 Å². The van der Waals surface area contributed by atoms with E-state index in [0.29, 0.717) is 5.69 Å². The van der Waals surface area contributed by atoms with Gasteiger partial charge in [-0.05, 0) is 19.1 Å². The monoisotopic (exact) mass is 230 g/mol. The minimum atomic E-state index is -0.547. The Kier molecular flexibility index (Phi) is 2.90. The van der Waals surface area contributed by atoms with Crippen molar-refractivity contribution >= 4 is 0 Å². The molecule has 0 unspecified atom stereocenters. The molecule has 1 atom stereocenters. The standard InChI is InChI=1S/C12H11FN4/c1-8(15)12-6-16-7-17(12)11-4-2-3-10(13)9(11)5-14/h2-4,6-8H,15H2,1H3/t8-/m0/s1. The van der Waals surface area contributed by atoms with Gasteiger partial charge in [0.15, 0.2) is 0 Å². The first kappa shape index (κ1) is 11.3. The summed E-state index contributed by atoms with van der Waals surface area (Å²) in [4.78, 5) is 3.98. The highest BCUT2D eigenvalue weighted by Gasteiger charge is 2.14. The predicted molar refractivity (Wildman–Crippen MR) is 60.8 cm³/mol. The molecular formula is C12H11FN4. The second-order valence-corrected chi connectivity index (χ2v) is 3.72. The van der Waals surface area contributed by atoms with Crippen LogP contribution in [0.2, 0.25) is 0 Å². The summed E-state index contributed by atoms with van der Waals surface area (Å²) in [7, 11) is 0. The molecule has 0 aliphatic carbocycles. The van der Waals surface area contributed by atoms with Gasteiger partial charge in [-0.25, -0.2) is 9.37 Å². The van der Waals surface area contributed by atoms with Gasteiger partial charge in [0.05, 0.1) is 23.9 Å². The first-order valence-corrected chi connectivity index (χ1v) is 5.12. The molecule has 1 aromatic carbocycles. The van der Waals surface area contributed by atoms with Crippen molar-refractivity contribution in [3.63, 3.8) is 0 Å². The molecule has 1 heterocycles. The lowest BCUT2D eigenvalue weighted by atomic mass is 10.1. The fourth-order valence-corrected chi connectivity index (χ4v) is 1.67. The van der Waals surface area contributed by atoms with Crippen molar-refractivity contribution in [3.05, 3.63) is 47.8 Å². The van der Waals surface area contributed by atoms with Gasteiger partial charge >= 0.3 is 0 Å². The van der Waals surface area contributed by atoms with Crippen LogP contribution < -0.4 is 5.73 Å². The van der Waals surface area contributed by atoms with Crippen LogP contribution in [0.25, 0.3) is 5.69 Å². The number of nitriles is 1.